The van der Waals surface area contributed by atoms with Crippen molar-refractivity contribution in [2.45, 2.75) is 13.8 Å². The predicted molar refractivity (Wildman–Crippen MR) is 112 cm³/mol. The van der Waals surface area contributed by atoms with E-state index in [2.05, 4.69) is 5.32 Å². The number of amides is 1. The van der Waals surface area contributed by atoms with Crippen molar-refractivity contribution >= 4 is 51.9 Å². The van der Waals surface area contributed by atoms with E-state index in [0.717, 1.165) is 26.6 Å². The fourth-order valence-electron chi connectivity index (χ4n) is 2.44. The van der Waals surface area contributed by atoms with Crippen LogP contribution in [0.15, 0.2) is 53.2 Å². The minimum Gasteiger partial charge on any atom is -0.452 e. The molecule has 3 rings (SSSR count). The SMILES string of the molecule is Cc1ccc(C)c(NC(=O)COC(=O)C(=Cc2cccs2)c2cccs2)c1. The molecule has 0 saturated carbocycles. The molecular formula is C21H19NO3S2. The highest BCUT2D eigenvalue weighted by Gasteiger charge is 2.17. The number of nitrogens with one attached hydrogen (secondary N) is 1. The van der Waals surface area contributed by atoms with Gasteiger partial charge in [0.1, 0.15) is 0 Å². The molecule has 0 bridgehead atoms. The van der Waals surface area contributed by atoms with E-state index >= 15 is 0 Å². The number of anilines is 1. The maximum atomic E-state index is 12.6. The van der Waals surface area contributed by atoms with Gasteiger partial charge >= 0.3 is 5.97 Å². The van der Waals surface area contributed by atoms with Gasteiger partial charge in [0.05, 0.1) is 5.57 Å². The smallest absolute Gasteiger partial charge is 0.340 e. The molecule has 0 radical (unpaired) electrons. The van der Waals surface area contributed by atoms with Crippen molar-refractivity contribution in [2.75, 3.05) is 11.9 Å². The first-order chi connectivity index (χ1) is 13.0. The molecular weight excluding hydrogens is 378 g/mol. The number of ether oxygens (including phenoxy) is 1. The quantitative estimate of drug-likeness (QED) is 0.462. The third-order valence-electron chi connectivity index (χ3n) is 3.84. The third kappa shape index (κ3) is 5.15. The molecule has 4 nitrogen and oxygen atoms in total. The Bertz CT molecular complexity index is 957. The third-order valence-corrected chi connectivity index (χ3v) is 5.56. The summed E-state index contributed by atoms with van der Waals surface area (Å²) in [6, 6.07) is 13.4. The van der Waals surface area contributed by atoms with Gasteiger partial charge in [-0.3, -0.25) is 4.79 Å². The first-order valence-corrected chi connectivity index (χ1v) is 10.1. The van der Waals surface area contributed by atoms with Gasteiger partial charge in [0, 0.05) is 15.4 Å². The van der Waals surface area contributed by atoms with E-state index in [0.29, 0.717) is 5.57 Å². The van der Waals surface area contributed by atoms with Crippen LogP contribution in [0.25, 0.3) is 11.6 Å². The van der Waals surface area contributed by atoms with Gasteiger partial charge in [-0.15, -0.1) is 22.7 Å². The van der Waals surface area contributed by atoms with Crippen LogP contribution in [-0.2, 0) is 14.3 Å². The van der Waals surface area contributed by atoms with Gasteiger partial charge in [-0.05, 0) is 60.0 Å². The highest BCUT2D eigenvalue weighted by Crippen LogP contribution is 2.26. The second-order valence-electron chi connectivity index (χ2n) is 5.99. The van der Waals surface area contributed by atoms with Crippen LogP contribution in [0.4, 0.5) is 5.69 Å². The van der Waals surface area contributed by atoms with Crippen LogP contribution in [0, 0.1) is 13.8 Å². The number of hydrogen-bond acceptors (Lipinski definition) is 5. The van der Waals surface area contributed by atoms with Gasteiger partial charge in [0.25, 0.3) is 5.91 Å². The van der Waals surface area contributed by atoms with Crippen LogP contribution in [-0.4, -0.2) is 18.5 Å². The van der Waals surface area contributed by atoms with Crippen LogP contribution in [0.3, 0.4) is 0 Å². The Labute approximate surface area is 166 Å². The van der Waals surface area contributed by atoms with Crippen LogP contribution in [0.5, 0.6) is 0 Å². The van der Waals surface area contributed by atoms with Crippen molar-refractivity contribution in [1.29, 1.82) is 0 Å². The average molecular weight is 398 g/mol. The van der Waals surface area contributed by atoms with Crippen molar-refractivity contribution in [3.63, 3.8) is 0 Å². The van der Waals surface area contributed by atoms with Crippen molar-refractivity contribution in [3.05, 3.63) is 74.1 Å². The molecule has 0 saturated heterocycles. The summed E-state index contributed by atoms with van der Waals surface area (Å²) >= 11 is 2.99. The molecule has 0 atom stereocenters. The molecule has 3 aromatic rings. The van der Waals surface area contributed by atoms with Crippen molar-refractivity contribution < 1.29 is 14.3 Å². The zero-order valence-corrected chi connectivity index (χ0v) is 16.7. The molecule has 0 unspecified atom stereocenters. The molecule has 0 aliphatic rings. The van der Waals surface area contributed by atoms with Crippen molar-refractivity contribution in [3.8, 4) is 0 Å². The topological polar surface area (TPSA) is 55.4 Å². The zero-order chi connectivity index (χ0) is 19.2. The normalized spacial score (nSPS) is 11.3. The minimum absolute atomic E-state index is 0.334. The van der Waals surface area contributed by atoms with E-state index in [1.165, 1.54) is 22.7 Å². The molecule has 0 aliphatic heterocycles. The van der Waals surface area contributed by atoms with Gasteiger partial charge in [-0.2, -0.15) is 0 Å². The summed E-state index contributed by atoms with van der Waals surface area (Å²) in [5, 5.41) is 6.64. The monoisotopic (exact) mass is 397 g/mol. The van der Waals surface area contributed by atoms with Gasteiger partial charge in [0.15, 0.2) is 6.61 Å². The van der Waals surface area contributed by atoms with Gasteiger partial charge < -0.3 is 10.1 Å². The summed E-state index contributed by atoms with van der Waals surface area (Å²) in [7, 11) is 0. The maximum Gasteiger partial charge on any atom is 0.340 e. The molecule has 1 amide bonds. The summed E-state index contributed by atoms with van der Waals surface area (Å²) < 4.78 is 5.27. The summed E-state index contributed by atoms with van der Waals surface area (Å²) in [6.45, 7) is 3.54. The Morgan fingerprint density at radius 3 is 2.56 bits per heavy atom. The fourth-order valence-corrected chi connectivity index (χ4v) is 3.83. The molecule has 2 heterocycles. The first-order valence-electron chi connectivity index (χ1n) is 8.36. The number of benzene rings is 1. The van der Waals surface area contributed by atoms with Crippen LogP contribution in [0.2, 0.25) is 0 Å². The lowest BCUT2D eigenvalue weighted by Crippen LogP contribution is -2.21. The summed E-state index contributed by atoms with van der Waals surface area (Å²) in [6.07, 6.45) is 1.79. The Balaban J connectivity index is 1.67. The number of rotatable bonds is 6. The van der Waals surface area contributed by atoms with Crippen molar-refractivity contribution in [1.82, 2.24) is 0 Å². The van der Waals surface area contributed by atoms with Gasteiger partial charge in [-0.1, -0.05) is 24.3 Å². The molecule has 1 aromatic carbocycles. The lowest BCUT2D eigenvalue weighted by atomic mass is 10.1. The lowest BCUT2D eigenvalue weighted by molar-refractivity contribution is -0.141. The molecule has 0 aliphatic carbocycles. The molecule has 138 valence electrons. The standard InChI is InChI=1S/C21H19NO3S2/c1-14-7-8-15(2)18(11-14)22-20(23)13-25-21(24)17(19-6-4-10-27-19)12-16-5-3-9-26-16/h3-12H,13H2,1-2H3,(H,22,23). The predicted octanol–water partition coefficient (Wildman–Crippen LogP) is 5.15. The zero-order valence-electron chi connectivity index (χ0n) is 15.0. The number of hydrogen-bond donors (Lipinski definition) is 1. The fraction of sp³-hybridized carbons (Fsp3) is 0.143. The van der Waals surface area contributed by atoms with E-state index in [-0.39, 0.29) is 12.5 Å². The lowest BCUT2D eigenvalue weighted by Gasteiger charge is -2.10. The molecule has 1 N–H and O–H groups in total. The Hall–Kier alpha value is -2.70. The maximum absolute atomic E-state index is 12.6. The molecule has 0 spiro atoms. The number of thiophene rings is 2. The molecule has 27 heavy (non-hydrogen) atoms. The molecule has 2 aromatic heterocycles. The van der Waals surface area contributed by atoms with Crippen LogP contribution < -0.4 is 5.32 Å². The Morgan fingerprint density at radius 1 is 1.07 bits per heavy atom. The van der Waals surface area contributed by atoms with Crippen LogP contribution >= 0.6 is 22.7 Å². The van der Waals surface area contributed by atoms with E-state index in [9.17, 15) is 9.59 Å². The Morgan fingerprint density at radius 2 is 1.85 bits per heavy atom. The van der Waals surface area contributed by atoms with Crippen molar-refractivity contribution in [2.24, 2.45) is 0 Å². The van der Waals surface area contributed by atoms with Crippen LogP contribution in [0.1, 0.15) is 20.9 Å². The minimum atomic E-state index is -0.512. The average Bonchev–Trinajstić information content (AvgIpc) is 3.34. The highest BCUT2D eigenvalue weighted by molar-refractivity contribution is 7.12. The van der Waals surface area contributed by atoms with Gasteiger partial charge in [-0.25, -0.2) is 4.79 Å². The second kappa shape index (κ2) is 8.79. The van der Waals surface area contributed by atoms with E-state index < -0.39 is 5.97 Å². The van der Waals surface area contributed by atoms with Gasteiger partial charge in [0.2, 0.25) is 0 Å². The molecule has 0 fully saturated rings. The van der Waals surface area contributed by atoms with E-state index in [4.69, 9.17) is 4.74 Å². The largest absolute Gasteiger partial charge is 0.452 e. The number of esters is 1. The number of carbonyl (C=O) groups excluding carboxylic acids is 2. The van der Waals surface area contributed by atoms with E-state index in [1.807, 2.05) is 67.1 Å². The first kappa shape index (κ1) is 19.1. The highest BCUT2D eigenvalue weighted by atomic mass is 32.1. The Kier molecular flexibility index (Phi) is 6.21. The summed E-state index contributed by atoms with van der Waals surface area (Å²) in [4.78, 5) is 26.6. The number of aryl methyl sites for hydroxylation is 2. The second-order valence-corrected chi connectivity index (χ2v) is 7.92. The number of carbonyl (C=O) groups is 2. The molecule has 6 heteroatoms. The summed E-state index contributed by atoms with van der Waals surface area (Å²) in [5.74, 6) is -0.874. The van der Waals surface area contributed by atoms with E-state index in [1.54, 1.807) is 6.08 Å². The summed E-state index contributed by atoms with van der Waals surface area (Å²) in [5.41, 5.74) is 3.18.